The molecule has 1 aliphatic heterocycles. The Hall–Kier alpha value is -2.28. The summed E-state index contributed by atoms with van der Waals surface area (Å²) in [5.41, 5.74) is 1.13. The monoisotopic (exact) mass is 258 g/mol. The summed E-state index contributed by atoms with van der Waals surface area (Å²) in [7, 11) is 1.71. The second-order valence-corrected chi connectivity index (χ2v) is 4.47. The molecule has 0 atom stereocenters. The van der Waals surface area contributed by atoms with Gasteiger partial charge in [-0.05, 0) is 12.1 Å². The van der Waals surface area contributed by atoms with Crippen molar-refractivity contribution in [1.82, 2.24) is 25.3 Å². The van der Waals surface area contributed by atoms with Gasteiger partial charge in [0.1, 0.15) is 0 Å². The van der Waals surface area contributed by atoms with Crippen LogP contribution >= 0.6 is 0 Å². The van der Waals surface area contributed by atoms with Crippen LogP contribution in [-0.2, 0) is 0 Å². The zero-order valence-electron chi connectivity index (χ0n) is 10.5. The highest BCUT2D eigenvalue weighted by molar-refractivity contribution is 6.04. The normalized spacial score (nSPS) is 15.0. The maximum Gasteiger partial charge on any atom is 0.280 e. The van der Waals surface area contributed by atoms with Gasteiger partial charge in [0.2, 0.25) is 0 Å². The summed E-state index contributed by atoms with van der Waals surface area (Å²) < 4.78 is 1.74. The van der Waals surface area contributed by atoms with Crippen molar-refractivity contribution in [2.45, 2.75) is 6.04 Å². The minimum atomic E-state index is -0.176. The molecule has 0 aromatic carbocycles. The average Bonchev–Trinajstić information content (AvgIpc) is 2.85. The molecule has 1 saturated heterocycles. The van der Waals surface area contributed by atoms with Gasteiger partial charge in [0, 0.05) is 38.2 Å². The number of nitrogens with one attached hydrogen (secondary N) is 1. The summed E-state index contributed by atoms with van der Waals surface area (Å²) >= 11 is 0. The number of hydrogen-bond acceptors (Lipinski definition) is 5. The van der Waals surface area contributed by atoms with Crippen LogP contribution < -0.4 is 10.2 Å². The van der Waals surface area contributed by atoms with E-state index < -0.39 is 0 Å². The molecule has 2 aromatic rings. The molecule has 0 saturated carbocycles. The van der Waals surface area contributed by atoms with Gasteiger partial charge >= 0.3 is 0 Å². The molecule has 19 heavy (non-hydrogen) atoms. The topological polar surface area (TPSA) is 75.9 Å². The van der Waals surface area contributed by atoms with E-state index in [1.807, 2.05) is 0 Å². The fourth-order valence-electron chi connectivity index (χ4n) is 1.87. The summed E-state index contributed by atoms with van der Waals surface area (Å²) in [6.07, 6.45) is 5.00. The standard InChI is InChI=1S/C12H14N6O/c1-17(9-2-4-13-5-3-9)12(19)11-8-18(16-15-11)10-6-14-7-10/h2-5,8,10,14H,6-7H2,1H3. The van der Waals surface area contributed by atoms with Crippen LogP contribution in [0.3, 0.4) is 0 Å². The first-order valence-corrected chi connectivity index (χ1v) is 6.06. The Morgan fingerprint density at radius 3 is 2.79 bits per heavy atom. The van der Waals surface area contributed by atoms with Gasteiger partial charge in [-0.1, -0.05) is 5.21 Å². The van der Waals surface area contributed by atoms with E-state index in [9.17, 15) is 4.79 Å². The van der Waals surface area contributed by atoms with Crippen molar-refractivity contribution >= 4 is 11.6 Å². The Balaban J connectivity index is 1.78. The predicted octanol–water partition coefficient (Wildman–Crippen LogP) is 0.0940. The number of pyridine rings is 1. The van der Waals surface area contributed by atoms with Gasteiger partial charge in [0.25, 0.3) is 5.91 Å². The SMILES string of the molecule is CN(C(=O)c1cn(C2CNC2)nn1)c1ccncc1. The molecule has 3 heterocycles. The van der Waals surface area contributed by atoms with Crippen LogP contribution in [0, 0.1) is 0 Å². The highest BCUT2D eigenvalue weighted by Gasteiger charge is 2.23. The van der Waals surface area contributed by atoms with Crippen LogP contribution in [-0.4, -0.2) is 46.0 Å². The van der Waals surface area contributed by atoms with E-state index in [1.54, 1.807) is 42.5 Å². The minimum Gasteiger partial charge on any atom is -0.312 e. The molecule has 7 nitrogen and oxygen atoms in total. The molecule has 98 valence electrons. The lowest BCUT2D eigenvalue weighted by atomic mass is 10.2. The van der Waals surface area contributed by atoms with Crippen LogP contribution in [0.15, 0.2) is 30.7 Å². The predicted molar refractivity (Wildman–Crippen MR) is 68.9 cm³/mol. The van der Waals surface area contributed by atoms with E-state index in [2.05, 4.69) is 20.6 Å². The molecule has 7 heteroatoms. The van der Waals surface area contributed by atoms with Crippen molar-refractivity contribution < 1.29 is 4.79 Å². The first-order valence-electron chi connectivity index (χ1n) is 6.06. The van der Waals surface area contributed by atoms with Gasteiger partial charge in [-0.2, -0.15) is 0 Å². The number of anilines is 1. The third-order valence-corrected chi connectivity index (χ3v) is 3.22. The maximum absolute atomic E-state index is 12.3. The van der Waals surface area contributed by atoms with Gasteiger partial charge in [0.15, 0.2) is 5.69 Å². The van der Waals surface area contributed by atoms with E-state index in [-0.39, 0.29) is 5.91 Å². The summed E-state index contributed by atoms with van der Waals surface area (Å²) in [4.78, 5) is 17.7. The molecule has 2 aromatic heterocycles. The number of amides is 1. The third kappa shape index (κ3) is 2.19. The van der Waals surface area contributed by atoms with E-state index in [4.69, 9.17) is 0 Å². The second-order valence-electron chi connectivity index (χ2n) is 4.47. The molecule has 0 radical (unpaired) electrons. The number of nitrogens with zero attached hydrogens (tertiary/aromatic N) is 5. The highest BCUT2D eigenvalue weighted by atomic mass is 16.2. The van der Waals surface area contributed by atoms with Crippen molar-refractivity contribution in [2.24, 2.45) is 0 Å². The van der Waals surface area contributed by atoms with Crippen molar-refractivity contribution in [3.63, 3.8) is 0 Å². The summed E-state index contributed by atoms with van der Waals surface area (Å²) in [6, 6.07) is 3.86. The molecule has 1 fully saturated rings. The highest BCUT2D eigenvalue weighted by Crippen LogP contribution is 2.14. The van der Waals surface area contributed by atoms with E-state index in [0.717, 1.165) is 18.8 Å². The van der Waals surface area contributed by atoms with Crippen molar-refractivity contribution in [2.75, 3.05) is 25.0 Å². The average molecular weight is 258 g/mol. The van der Waals surface area contributed by atoms with Gasteiger partial charge in [-0.25, -0.2) is 4.68 Å². The van der Waals surface area contributed by atoms with Crippen LogP contribution in [0.5, 0.6) is 0 Å². The third-order valence-electron chi connectivity index (χ3n) is 3.22. The van der Waals surface area contributed by atoms with E-state index in [1.165, 1.54) is 4.90 Å². The Morgan fingerprint density at radius 2 is 2.16 bits per heavy atom. The number of rotatable bonds is 3. The van der Waals surface area contributed by atoms with Crippen molar-refractivity contribution in [1.29, 1.82) is 0 Å². The van der Waals surface area contributed by atoms with Gasteiger partial charge in [-0.15, -0.1) is 5.10 Å². The molecular formula is C12H14N6O. The zero-order chi connectivity index (χ0) is 13.2. The Labute approximate surface area is 110 Å². The minimum absolute atomic E-state index is 0.176. The van der Waals surface area contributed by atoms with E-state index in [0.29, 0.717) is 11.7 Å². The fourth-order valence-corrected chi connectivity index (χ4v) is 1.87. The molecule has 1 amide bonds. The molecule has 0 bridgehead atoms. The summed E-state index contributed by atoms with van der Waals surface area (Å²) in [5, 5.41) is 11.1. The first-order chi connectivity index (χ1) is 9.25. The lowest BCUT2D eigenvalue weighted by Gasteiger charge is -2.26. The van der Waals surface area contributed by atoms with Gasteiger partial charge < -0.3 is 10.2 Å². The first kappa shape index (κ1) is 11.8. The zero-order valence-corrected chi connectivity index (χ0v) is 10.5. The Morgan fingerprint density at radius 1 is 1.42 bits per heavy atom. The van der Waals surface area contributed by atoms with Crippen LogP contribution in [0.25, 0.3) is 0 Å². The second kappa shape index (κ2) is 4.77. The molecule has 3 rings (SSSR count). The number of carbonyl (C=O) groups is 1. The molecule has 1 aliphatic rings. The smallest absolute Gasteiger partial charge is 0.280 e. The molecule has 0 spiro atoms. The Bertz CT molecular complexity index is 577. The molecule has 0 aliphatic carbocycles. The summed E-state index contributed by atoms with van der Waals surface area (Å²) in [6.45, 7) is 1.74. The van der Waals surface area contributed by atoms with Crippen molar-refractivity contribution in [3.05, 3.63) is 36.4 Å². The summed E-state index contributed by atoms with van der Waals surface area (Å²) in [5.74, 6) is -0.176. The van der Waals surface area contributed by atoms with Gasteiger partial charge in [-0.3, -0.25) is 9.78 Å². The lowest BCUT2D eigenvalue weighted by Crippen LogP contribution is -2.43. The van der Waals surface area contributed by atoms with Crippen LogP contribution in [0.2, 0.25) is 0 Å². The Kier molecular flexibility index (Phi) is 2.96. The molecular weight excluding hydrogens is 244 g/mol. The van der Waals surface area contributed by atoms with Crippen LogP contribution in [0.4, 0.5) is 5.69 Å². The number of aromatic nitrogens is 4. The fraction of sp³-hybridized carbons (Fsp3) is 0.333. The quantitative estimate of drug-likeness (QED) is 0.844. The van der Waals surface area contributed by atoms with Gasteiger partial charge in [0.05, 0.1) is 12.2 Å². The number of hydrogen-bond donors (Lipinski definition) is 1. The lowest BCUT2D eigenvalue weighted by molar-refractivity contribution is 0.0988. The molecule has 0 unspecified atom stereocenters. The van der Waals surface area contributed by atoms with Crippen molar-refractivity contribution in [3.8, 4) is 0 Å². The molecule has 1 N–H and O–H groups in total. The largest absolute Gasteiger partial charge is 0.312 e. The maximum atomic E-state index is 12.3. The van der Waals surface area contributed by atoms with Crippen LogP contribution in [0.1, 0.15) is 16.5 Å². The number of carbonyl (C=O) groups excluding carboxylic acids is 1. The van der Waals surface area contributed by atoms with E-state index >= 15 is 0 Å².